The van der Waals surface area contributed by atoms with Crippen molar-refractivity contribution in [2.24, 2.45) is 0 Å². The summed E-state index contributed by atoms with van der Waals surface area (Å²) in [5.41, 5.74) is 4.85. The van der Waals surface area contributed by atoms with Crippen molar-refractivity contribution in [1.29, 1.82) is 0 Å². The summed E-state index contributed by atoms with van der Waals surface area (Å²) in [5, 5.41) is 1.19. The normalized spacial score (nSPS) is 11.1. The zero-order valence-corrected chi connectivity index (χ0v) is 17.5. The minimum Gasteiger partial charge on any atom is -0.488 e. The molecule has 0 saturated heterocycles. The Labute approximate surface area is 175 Å². The molecule has 0 spiro atoms. The van der Waals surface area contributed by atoms with E-state index < -0.39 is 0 Å². The van der Waals surface area contributed by atoms with Gasteiger partial charge in [0.1, 0.15) is 18.2 Å². The number of fused-ring (bicyclic) bond motifs is 1. The van der Waals surface area contributed by atoms with Gasteiger partial charge < -0.3 is 9.72 Å². The third-order valence-corrected chi connectivity index (χ3v) is 5.31. The van der Waals surface area contributed by atoms with Gasteiger partial charge in [0.2, 0.25) is 0 Å². The quantitative estimate of drug-likeness (QED) is 0.349. The van der Waals surface area contributed by atoms with Crippen molar-refractivity contribution in [1.82, 2.24) is 9.97 Å². The molecule has 3 nitrogen and oxygen atoms in total. The lowest BCUT2D eigenvalue weighted by atomic mass is 10.2. The van der Waals surface area contributed by atoms with Crippen LogP contribution >= 0.6 is 39.1 Å². The smallest absolute Gasteiger partial charge is 0.142 e. The number of imidazole rings is 1. The number of rotatable bonds is 4. The monoisotopic (exact) mass is 460 g/mol. The largest absolute Gasteiger partial charge is 0.488 e. The van der Waals surface area contributed by atoms with Crippen molar-refractivity contribution >= 4 is 50.2 Å². The molecule has 1 N–H and O–H groups in total. The third kappa shape index (κ3) is 3.98. The van der Waals surface area contributed by atoms with Gasteiger partial charge in [-0.2, -0.15) is 0 Å². The summed E-state index contributed by atoms with van der Waals surface area (Å²) >= 11 is 15.8. The molecule has 3 aromatic carbocycles. The number of halogens is 3. The maximum atomic E-state index is 6.26. The van der Waals surface area contributed by atoms with Gasteiger partial charge in [-0.1, -0.05) is 51.3 Å². The first-order valence-corrected chi connectivity index (χ1v) is 9.87. The number of ether oxygens (including phenoxy) is 1. The van der Waals surface area contributed by atoms with E-state index in [0.29, 0.717) is 16.7 Å². The van der Waals surface area contributed by atoms with Crippen molar-refractivity contribution in [3.05, 3.63) is 80.2 Å². The second-order valence-corrected chi connectivity index (χ2v) is 8.03. The Hall–Kier alpha value is -2.01. The highest BCUT2D eigenvalue weighted by Gasteiger charge is 2.13. The molecular formula is C21H15BrCl2N2O. The Kier molecular flexibility index (Phi) is 5.13. The fraction of sp³-hybridized carbons (Fsp3) is 0.0952. The van der Waals surface area contributed by atoms with Crippen molar-refractivity contribution < 1.29 is 4.74 Å². The van der Waals surface area contributed by atoms with E-state index in [1.807, 2.05) is 36.4 Å². The number of aromatic amines is 1. The zero-order valence-electron chi connectivity index (χ0n) is 14.4. The lowest BCUT2D eigenvalue weighted by Crippen LogP contribution is -1.98. The van der Waals surface area contributed by atoms with Crippen LogP contribution in [0.2, 0.25) is 10.0 Å². The Balaban J connectivity index is 1.69. The van der Waals surface area contributed by atoms with E-state index in [1.54, 1.807) is 12.1 Å². The predicted octanol–water partition coefficient (Wildman–Crippen LogP) is 7.19. The van der Waals surface area contributed by atoms with Gasteiger partial charge in [0, 0.05) is 20.1 Å². The molecule has 0 unspecified atom stereocenters. The first-order chi connectivity index (χ1) is 13.0. The summed E-state index contributed by atoms with van der Waals surface area (Å²) in [6, 6.07) is 17.4. The molecule has 0 radical (unpaired) electrons. The molecule has 0 atom stereocenters. The van der Waals surface area contributed by atoms with Gasteiger partial charge in [0.25, 0.3) is 0 Å². The average molecular weight is 462 g/mol. The molecular weight excluding hydrogens is 447 g/mol. The number of aryl methyl sites for hydroxylation is 1. The van der Waals surface area contributed by atoms with Gasteiger partial charge >= 0.3 is 0 Å². The lowest BCUT2D eigenvalue weighted by Gasteiger charge is -2.12. The summed E-state index contributed by atoms with van der Waals surface area (Å²) in [6.07, 6.45) is 0. The topological polar surface area (TPSA) is 37.9 Å². The number of hydrogen-bond acceptors (Lipinski definition) is 2. The van der Waals surface area contributed by atoms with E-state index in [-0.39, 0.29) is 0 Å². The Bertz CT molecular complexity index is 1140. The fourth-order valence-electron chi connectivity index (χ4n) is 2.86. The SMILES string of the molecule is Cc1ccc2nc(-c3cc(Br)ccc3OCc3ccc(Cl)cc3Cl)[nH]c2c1. The van der Waals surface area contributed by atoms with Crippen molar-refractivity contribution in [2.45, 2.75) is 13.5 Å². The Morgan fingerprint density at radius 3 is 2.70 bits per heavy atom. The van der Waals surface area contributed by atoms with Crippen molar-refractivity contribution in [3.63, 3.8) is 0 Å². The molecule has 1 heterocycles. The summed E-state index contributed by atoms with van der Waals surface area (Å²) in [5.74, 6) is 1.48. The maximum absolute atomic E-state index is 6.26. The Morgan fingerprint density at radius 2 is 1.89 bits per heavy atom. The van der Waals surface area contributed by atoms with Crippen LogP contribution < -0.4 is 4.74 Å². The van der Waals surface area contributed by atoms with Gasteiger partial charge in [-0.25, -0.2) is 4.98 Å². The van der Waals surface area contributed by atoms with Gasteiger partial charge in [0.15, 0.2) is 0 Å². The number of hydrogen-bond donors (Lipinski definition) is 1. The second-order valence-electron chi connectivity index (χ2n) is 6.27. The van der Waals surface area contributed by atoms with E-state index in [0.717, 1.165) is 38.2 Å². The summed E-state index contributed by atoms with van der Waals surface area (Å²) in [6.45, 7) is 2.40. The Morgan fingerprint density at radius 1 is 1.04 bits per heavy atom. The molecule has 1 aromatic heterocycles. The van der Waals surface area contributed by atoms with Gasteiger partial charge in [-0.15, -0.1) is 0 Å². The number of H-pyrrole nitrogens is 1. The highest BCUT2D eigenvalue weighted by molar-refractivity contribution is 9.10. The van der Waals surface area contributed by atoms with E-state index in [2.05, 4.69) is 33.9 Å². The summed E-state index contributed by atoms with van der Waals surface area (Å²) in [4.78, 5) is 8.09. The molecule has 136 valence electrons. The minimum atomic E-state index is 0.337. The van der Waals surface area contributed by atoms with Crippen LogP contribution in [-0.2, 0) is 6.61 Å². The predicted molar refractivity (Wildman–Crippen MR) is 115 cm³/mol. The van der Waals surface area contributed by atoms with Crippen LogP contribution in [0, 0.1) is 6.92 Å². The van der Waals surface area contributed by atoms with Crippen LogP contribution in [0.15, 0.2) is 59.1 Å². The number of nitrogens with zero attached hydrogens (tertiary/aromatic N) is 1. The molecule has 4 aromatic rings. The number of benzene rings is 3. The minimum absolute atomic E-state index is 0.337. The van der Waals surface area contributed by atoms with Crippen LogP contribution in [0.4, 0.5) is 0 Å². The van der Waals surface area contributed by atoms with Gasteiger partial charge in [-0.05, 0) is 55.0 Å². The van der Waals surface area contributed by atoms with E-state index in [4.69, 9.17) is 32.9 Å². The van der Waals surface area contributed by atoms with E-state index in [9.17, 15) is 0 Å². The molecule has 0 aliphatic rings. The maximum Gasteiger partial charge on any atom is 0.142 e. The van der Waals surface area contributed by atoms with Crippen molar-refractivity contribution in [2.75, 3.05) is 0 Å². The molecule has 6 heteroatoms. The van der Waals surface area contributed by atoms with Crippen LogP contribution in [0.1, 0.15) is 11.1 Å². The molecule has 0 fully saturated rings. The molecule has 0 aliphatic heterocycles. The average Bonchev–Trinajstić information content (AvgIpc) is 3.04. The molecule has 0 bridgehead atoms. The van der Waals surface area contributed by atoms with Gasteiger partial charge in [0.05, 0.1) is 16.6 Å². The van der Waals surface area contributed by atoms with Crippen molar-refractivity contribution in [3.8, 4) is 17.1 Å². The first-order valence-electron chi connectivity index (χ1n) is 8.32. The van der Waals surface area contributed by atoms with Crippen LogP contribution in [0.5, 0.6) is 5.75 Å². The second kappa shape index (κ2) is 7.55. The van der Waals surface area contributed by atoms with Crippen LogP contribution in [0.3, 0.4) is 0 Å². The zero-order chi connectivity index (χ0) is 19.0. The van der Waals surface area contributed by atoms with Gasteiger partial charge in [-0.3, -0.25) is 0 Å². The lowest BCUT2D eigenvalue weighted by molar-refractivity contribution is 0.307. The first kappa shape index (κ1) is 18.4. The van der Waals surface area contributed by atoms with Crippen LogP contribution in [-0.4, -0.2) is 9.97 Å². The number of aromatic nitrogens is 2. The molecule has 27 heavy (non-hydrogen) atoms. The van der Waals surface area contributed by atoms with E-state index in [1.165, 1.54) is 5.56 Å². The molecule has 0 aliphatic carbocycles. The number of nitrogens with one attached hydrogen (secondary N) is 1. The van der Waals surface area contributed by atoms with Crippen LogP contribution in [0.25, 0.3) is 22.4 Å². The standard InChI is InChI=1S/C21H15BrCl2N2O/c1-12-2-6-18-19(8-12)26-21(25-18)16-9-14(22)4-7-20(16)27-11-13-3-5-15(23)10-17(13)24/h2-10H,11H2,1H3,(H,25,26). The molecule has 0 amide bonds. The highest BCUT2D eigenvalue weighted by atomic mass is 79.9. The molecule has 0 saturated carbocycles. The summed E-state index contributed by atoms with van der Waals surface area (Å²) < 4.78 is 7.01. The molecule has 4 rings (SSSR count). The third-order valence-electron chi connectivity index (χ3n) is 4.23. The summed E-state index contributed by atoms with van der Waals surface area (Å²) in [7, 11) is 0. The highest BCUT2D eigenvalue weighted by Crippen LogP contribution is 2.33. The van der Waals surface area contributed by atoms with E-state index >= 15 is 0 Å². The fourth-order valence-corrected chi connectivity index (χ4v) is 3.68.